The SMILES string of the molecule is COc1ccc(C)cc1C(C)(C)CNCC(C)(C)N. The molecule has 0 aromatic heterocycles. The summed E-state index contributed by atoms with van der Waals surface area (Å²) in [6.45, 7) is 12.3. The molecule has 0 aliphatic rings. The third-order valence-electron chi connectivity index (χ3n) is 3.23. The van der Waals surface area contributed by atoms with Crippen LogP contribution in [0.1, 0.15) is 38.8 Å². The Morgan fingerprint density at radius 3 is 2.32 bits per heavy atom. The Morgan fingerprint density at radius 1 is 1.16 bits per heavy atom. The molecular weight excluding hydrogens is 236 g/mol. The molecular formula is C16H28N2O. The highest BCUT2D eigenvalue weighted by Gasteiger charge is 2.25. The van der Waals surface area contributed by atoms with E-state index >= 15 is 0 Å². The predicted octanol–water partition coefficient (Wildman–Crippen LogP) is 2.61. The molecule has 0 heterocycles. The summed E-state index contributed by atoms with van der Waals surface area (Å²) in [5.74, 6) is 0.949. The van der Waals surface area contributed by atoms with E-state index < -0.39 is 0 Å². The maximum atomic E-state index is 6.00. The Kier molecular flexibility index (Phi) is 4.99. The molecule has 3 heteroatoms. The van der Waals surface area contributed by atoms with Crippen LogP contribution >= 0.6 is 0 Å². The van der Waals surface area contributed by atoms with Crippen LogP contribution in [0.3, 0.4) is 0 Å². The van der Waals surface area contributed by atoms with Gasteiger partial charge in [-0.1, -0.05) is 31.5 Å². The van der Waals surface area contributed by atoms with Gasteiger partial charge < -0.3 is 15.8 Å². The second kappa shape index (κ2) is 5.93. The van der Waals surface area contributed by atoms with Crippen LogP contribution in [0, 0.1) is 6.92 Å². The van der Waals surface area contributed by atoms with Gasteiger partial charge in [0, 0.05) is 29.6 Å². The average molecular weight is 264 g/mol. The minimum Gasteiger partial charge on any atom is -0.496 e. The molecule has 3 N–H and O–H groups in total. The van der Waals surface area contributed by atoms with Crippen molar-refractivity contribution >= 4 is 0 Å². The number of ether oxygens (including phenoxy) is 1. The van der Waals surface area contributed by atoms with E-state index in [1.807, 2.05) is 19.9 Å². The van der Waals surface area contributed by atoms with Gasteiger partial charge in [0.25, 0.3) is 0 Å². The Bertz CT molecular complexity index is 419. The number of hydrogen-bond donors (Lipinski definition) is 2. The molecule has 19 heavy (non-hydrogen) atoms. The van der Waals surface area contributed by atoms with Crippen molar-refractivity contribution in [2.24, 2.45) is 5.73 Å². The van der Waals surface area contributed by atoms with E-state index in [0.29, 0.717) is 0 Å². The lowest BCUT2D eigenvalue weighted by atomic mass is 9.83. The van der Waals surface area contributed by atoms with Crippen molar-refractivity contribution in [1.82, 2.24) is 5.32 Å². The number of methoxy groups -OCH3 is 1. The van der Waals surface area contributed by atoms with E-state index in [2.05, 4.69) is 38.2 Å². The van der Waals surface area contributed by atoms with Crippen molar-refractivity contribution in [3.05, 3.63) is 29.3 Å². The van der Waals surface area contributed by atoms with Crippen LogP contribution in [-0.4, -0.2) is 25.7 Å². The van der Waals surface area contributed by atoms with E-state index in [9.17, 15) is 0 Å². The number of rotatable bonds is 6. The van der Waals surface area contributed by atoms with Crippen LogP contribution in [0.2, 0.25) is 0 Å². The summed E-state index contributed by atoms with van der Waals surface area (Å²) < 4.78 is 5.48. The van der Waals surface area contributed by atoms with Gasteiger partial charge in [0.15, 0.2) is 0 Å². The molecule has 1 rings (SSSR count). The van der Waals surface area contributed by atoms with E-state index in [4.69, 9.17) is 10.5 Å². The van der Waals surface area contributed by atoms with E-state index in [1.54, 1.807) is 7.11 Å². The zero-order valence-electron chi connectivity index (χ0n) is 13.1. The molecule has 0 bridgehead atoms. The van der Waals surface area contributed by atoms with Crippen LogP contribution in [0.15, 0.2) is 18.2 Å². The summed E-state index contributed by atoms with van der Waals surface area (Å²) in [6, 6.07) is 6.32. The highest BCUT2D eigenvalue weighted by atomic mass is 16.5. The fourth-order valence-corrected chi connectivity index (χ4v) is 2.14. The second-order valence-electron chi connectivity index (χ2n) is 6.68. The fourth-order valence-electron chi connectivity index (χ4n) is 2.14. The van der Waals surface area contributed by atoms with Crippen LogP contribution in [0.4, 0.5) is 0 Å². The monoisotopic (exact) mass is 264 g/mol. The molecule has 1 aromatic rings. The molecule has 0 unspecified atom stereocenters. The third kappa shape index (κ3) is 4.84. The van der Waals surface area contributed by atoms with Gasteiger partial charge in [-0.3, -0.25) is 0 Å². The van der Waals surface area contributed by atoms with Crippen molar-refractivity contribution in [2.75, 3.05) is 20.2 Å². The van der Waals surface area contributed by atoms with Crippen LogP contribution < -0.4 is 15.8 Å². The van der Waals surface area contributed by atoms with Gasteiger partial charge in [-0.05, 0) is 26.8 Å². The molecule has 0 aliphatic heterocycles. The predicted molar refractivity (Wildman–Crippen MR) is 81.9 cm³/mol. The zero-order valence-corrected chi connectivity index (χ0v) is 13.1. The summed E-state index contributed by atoms with van der Waals surface area (Å²) in [5, 5.41) is 3.45. The summed E-state index contributed by atoms with van der Waals surface area (Å²) in [5.41, 5.74) is 8.30. The second-order valence-corrected chi connectivity index (χ2v) is 6.68. The van der Waals surface area contributed by atoms with E-state index in [0.717, 1.165) is 18.8 Å². The summed E-state index contributed by atoms with van der Waals surface area (Å²) in [4.78, 5) is 0. The molecule has 0 saturated heterocycles. The van der Waals surface area contributed by atoms with Crippen LogP contribution in [-0.2, 0) is 5.41 Å². The molecule has 0 saturated carbocycles. The quantitative estimate of drug-likeness (QED) is 0.830. The number of hydrogen-bond acceptors (Lipinski definition) is 3. The Labute approximate surface area is 117 Å². The minimum atomic E-state index is -0.188. The van der Waals surface area contributed by atoms with Crippen molar-refractivity contribution in [3.63, 3.8) is 0 Å². The van der Waals surface area contributed by atoms with Crippen LogP contribution in [0.5, 0.6) is 5.75 Å². The molecule has 108 valence electrons. The maximum Gasteiger partial charge on any atom is 0.122 e. The molecule has 0 atom stereocenters. The van der Waals surface area contributed by atoms with Crippen molar-refractivity contribution in [3.8, 4) is 5.75 Å². The van der Waals surface area contributed by atoms with E-state index in [1.165, 1.54) is 11.1 Å². The molecule has 3 nitrogen and oxygen atoms in total. The lowest BCUT2D eigenvalue weighted by Crippen LogP contribution is -2.46. The molecule has 0 fully saturated rings. The summed E-state index contributed by atoms with van der Waals surface area (Å²) in [7, 11) is 1.72. The van der Waals surface area contributed by atoms with Gasteiger partial charge in [-0.2, -0.15) is 0 Å². The van der Waals surface area contributed by atoms with Gasteiger partial charge >= 0.3 is 0 Å². The lowest BCUT2D eigenvalue weighted by molar-refractivity contribution is 0.375. The Balaban J connectivity index is 2.84. The fraction of sp³-hybridized carbons (Fsp3) is 0.625. The first kappa shape index (κ1) is 16.0. The Hall–Kier alpha value is -1.06. The minimum absolute atomic E-state index is 0.00259. The van der Waals surface area contributed by atoms with Crippen molar-refractivity contribution in [2.45, 2.75) is 45.6 Å². The maximum absolute atomic E-state index is 6.00. The van der Waals surface area contributed by atoms with Gasteiger partial charge in [0.2, 0.25) is 0 Å². The van der Waals surface area contributed by atoms with Crippen molar-refractivity contribution < 1.29 is 4.74 Å². The van der Waals surface area contributed by atoms with Gasteiger partial charge in [0.05, 0.1) is 7.11 Å². The van der Waals surface area contributed by atoms with Gasteiger partial charge in [0.1, 0.15) is 5.75 Å². The van der Waals surface area contributed by atoms with E-state index in [-0.39, 0.29) is 11.0 Å². The average Bonchev–Trinajstić information content (AvgIpc) is 2.27. The standard InChI is InChI=1S/C16H28N2O/c1-12-7-8-14(19-6)13(9-12)15(2,3)10-18-11-16(4,5)17/h7-9,18H,10-11,17H2,1-6H3. The first-order chi connectivity index (χ1) is 8.65. The zero-order chi connectivity index (χ0) is 14.7. The first-order valence-corrected chi connectivity index (χ1v) is 6.80. The smallest absolute Gasteiger partial charge is 0.122 e. The highest BCUT2D eigenvalue weighted by molar-refractivity contribution is 5.41. The topological polar surface area (TPSA) is 47.3 Å². The van der Waals surface area contributed by atoms with Crippen LogP contribution in [0.25, 0.3) is 0 Å². The van der Waals surface area contributed by atoms with Gasteiger partial charge in [-0.15, -0.1) is 0 Å². The molecule has 0 radical (unpaired) electrons. The number of nitrogens with one attached hydrogen (secondary N) is 1. The normalized spacial score (nSPS) is 12.6. The van der Waals surface area contributed by atoms with Gasteiger partial charge in [-0.25, -0.2) is 0 Å². The number of aryl methyl sites for hydroxylation is 1. The molecule has 0 amide bonds. The largest absolute Gasteiger partial charge is 0.496 e. The number of nitrogens with two attached hydrogens (primary N) is 1. The number of benzene rings is 1. The Morgan fingerprint density at radius 2 is 1.79 bits per heavy atom. The molecule has 0 spiro atoms. The third-order valence-corrected chi connectivity index (χ3v) is 3.23. The van der Waals surface area contributed by atoms with Crippen molar-refractivity contribution in [1.29, 1.82) is 0 Å². The summed E-state index contributed by atoms with van der Waals surface area (Å²) in [6.07, 6.45) is 0. The molecule has 0 aliphatic carbocycles. The highest BCUT2D eigenvalue weighted by Crippen LogP contribution is 2.32. The first-order valence-electron chi connectivity index (χ1n) is 6.80. The summed E-state index contributed by atoms with van der Waals surface area (Å²) >= 11 is 0. The lowest BCUT2D eigenvalue weighted by Gasteiger charge is -2.30. The molecule has 1 aromatic carbocycles.